The van der Waals surface area contributed by atoms with Gasteiger partial charge in [-0.3, -0.25) is 9.59 Å². The smallest absolute Gasteiger partial charge is 0.340 e. The molecule has 0 heterocycles. The highest BCUT2D eigenvalue weighted by atomic mass is 16.5. The number of hydrogen-bond acceptors (Lipinski definition) is 7. The minimum absolute atomic E-state index is 0.0594. The highest BCUT2D eigenvalue weighted by Gasteiger charge is 2.35. The molecule has 0 aliphatic rings. The van der Waals surface area contributed by atoms with E-state index in [2.05, 4.69) is 14.2 Å². The van der Waals surface area contributed by atoms with E-state index in [-0.39, 0.29) is 16.8 Å². The topological polar surface area (TPSA) is 105 Å². The Bertz CT molecular complexity index is 524. The first-order chi connectivity index (χ1) is 9.47. The molecule has 0 saturated carbocycles. The molecule has 0 amide bonds. The van der Waals surface area contributed by atoms with Crippen LogP contribution in [0.3, 0.4) is 0 Å². The van der Waals surface area contributed by atoms with Crippen molar-refractivity contribution in [2.75, 3.05) is 27.1 Å². The summed E-state index contributed by atoms with van der Waals surface area (Å²) in [6, 6.07) is 4.39. The predicted molar refractivity (Wildman–Crippen MR) is 69.0 cm³/mol. The van der Waals surface area contributed by atoms with Gasteiger partial charge in [0.05, 0.1) is 26.9 Å². The molecule has 108 valence electrons. The summed E-state index contributed by atoms with van der Waals surface area (Å²) in [5.74, 6) is -3.86. The third-order valence-electron chi connectivity index (χ3n) is 2.70. The van der Waals surface area contributed by atoms with Gasteiger partial charge in [-0.15, -0.1) is 0 Å². The summed E-state index contributed by atoms with van der Waals surface area (Å²) in [6.07, 6.45) is 0. The Balaban J connectivity index is 3.48. The Kier molecular flexibility index (Phi) is 5.08. The zero-order chi connectivity index (χ0) is 15.3. The summed E-state index contributed by atoms with van der Waals surface area (Å²) >= 11 is 0. The number of anilines is 1. The highest BCUT2D eigenvalue weighted by Crippen LogP contribution is 2.27. The highest BCUT2D eigenvalue weighted by molar-refractivity contribution is 6.06. The number of carbonyl (C=O) groups excluding carboxylic acids is 3. The fourth-order valence-electron chi connectivity index (χ4n) is 1.75. The van der Waals surface area contributed by atoms with Crippen molar-refractivity contribution in [3.05, 3.63) is 29.3 Å². The van der Waals surface area contributed by atoms with Gasteiger partial charge in [-0.1, -0.05) is 12.1 Å². The molecule has 0 fully saturated rings. The molecule has 20 heavy (non-hydrogen) atoms. The number of ether oxygens (including phenoxy) is 3. The van der Waals surface area contributed by atoms with Crippen molar-refractivity contribution in [1.29, 1.82) is 0 Å². The van der Waals surface area contributed by atoms with E-state index in [1.165, 1.54) is 25.3 Å². The third-order valence-corrected chi connectivity index (χ3v) is 2.70. The molecule has 1 aromatic rings. The van der Waals surface area contributed by atoms with E-state index in [1.54, 1.807) is 0 Å². The molecule has 7 heteroatoms. The number of benzene rings is 1. The number of esters is 3. The van der Waals surface area contributed by atoms with Gasteiger partial charge >= 0.3 is 17.9 Å². The Morgan fingerprint density at radius 3 is 2.00 bits per heavy atom. The fourth-order valence-corrected chi connectivity index (χ4v) is 1.75. The largest absolute Gasteiger partial charge is 0.468 e. The molecule has 0 atom stereocenters. The van der Waals surface area contributed by atoms with Gasteiger partial charge in [0.25, 0.3) is 0 Å². The lowest BCUT2D eigenvalue weighted by Gasteiger charge is -2.16. The second kappa shape index (κ2) is 6.55. The van der Waals surface area contributed by atoms with E-state index in [0.29, 0.717) is 0 Å². The fraction of sp³-hybridized carbons (Fsp3) is 0.308. The molecule has 1 rings (SSSR count). The van der Waals surface area contributed by atoms with Crippen molar-refractivity contribution in [3.63, 3.8) is 0 Å². The molecule has 0 bridgehead atoms. The van der Waals surface area contributed by atoms with E-state index in [4.69, 9.17) is 5.73 Å². The minimum atomic E-state index is -1.40. The van der Waals surface area contributed by atoms with Crippen LogP contribution in [0, 0.1) is 0 Å². The van der Waals surface area contributed by atoms with Gasteiger partial charge in [-0.05, 0) is 11.6 Å². The van der Waals surface area contributed by atoms with Crippen molar-refractivity contribution in [3.8, 4) is 0 Å². The van der Waals surface area contributed by atoms with Crippen LogP contribution in [0.5, 0.6) is 0 Å². The molecular weight excluding hydrogens is 266 g/mol. The Morgan fingerprint density at radius 1 is 1.00 bits per heavy atom. The van der Waals surface area contributed by atoms with Crippen LogP contribution in [0.4, 0.5) is 5.69 Å². The molecule has 0 unspecified atom stereocenters. The average molecular weight is 281 g/mol. The molecule has 0 saturated heterocycles. The lowest BCUT2D eigenvalue weighted by Crippen LogP contribution is -2.27. The molecule has 0 radical (unpaired) electrons. The van der Waals surface area contributed by atoms with Gasteiger partial charge in [-0.25, -0.2) is 4.79 Å². The second-order valence-corrected chi connectivity index (χ2v) is 3.78. The maximum Gasteiger partial charge on any atom is 0.340 e. The number of hydrogen-bond donors (Lipinski definition) is 1. The normalized spacial score (nSPS) is 10.0. The van der Waals surface area contributed by atoms with Crippen LogP contribution in [0.15, 0.2) is 18.2 Å². The molecule has 0 aliphatic carbocycles. The number of methoxy groups -OCH3 is 3. The molecule has 2 N–H and O–H groups in total. The van der Waals surface area contributed by atoms with Gasteiger partial charge in [0, 0.05) is 5.69 Å². The van der Waals surface area contributed by atoms with Crippen molar-refractivity contribution in [2.24, 2.45) is 0 Å². The van der Waals surface area contributed by atoms with Crippen molar-refractivity contribution in [2.45, 2.75) is 5.92 Å². The Labute approximate surface area is 115 Å². The van der Waals surface area contributed by atoms with Crippen LogP contribution in [0.1, 0.15) is 21.8 Å². The maximum absolute atomic E-state index is 11.8. The second-order valence-electron chi connectivity index (χ2n) is 3.78. The Hall–Kier alpha value is -2.57. The molecule has 7 nitrogen and oxygen atoms in total. The molecular formula is C13H15NO6. The van der Waals surface area contributed by atoms with E-state index >= 15 is 0 Å². The van der Waals surface area contributed by atoms with Crippen molar-refractivity contribution >= 4 is 23.6 Å². The summed E-state index contributed by atoms with van der Waals surface area (Å²) in [4.78, 5) is 35.3. The lowest BCUT2D eigenvalue weighted by atomic mass is 9.93. The summed E-state index contributed by atoms with van der Waals surface area (Å²) in [7, 11) is 3.43. The standard InChI is InChI=1S/C13H15NO6/c1-18-11(15)9-7(5-4-6-8(9)14)10(12(16)19-2)13(17)20-3/h4-6,10H,14H2,1-3H3. The van der Waals surface area contributed by atoms with Gasteiger partial charge < -0.3 is 19.9 Å². The minimum Gasteiger partial charge on any atom is -0.468 e. The summed E-state index contributed by atoms with van der Waals surface area (Å²) < 4.78 is 13.7. The van der Waals surface area contributed by atoms with Crippen LogP contribution in [-0.4, -0.2) is 39.2 Å². The van der Waals surface area contributed by atoms with Crippen LogP contribution >= 0.6 is 0 Å². The number of rotatable bonds is 4. The van der Waals surface area contributed by atoms with E-state index < -0.39 is 23.8 Å². The maximum atomic E-state index is 11.8. The van der Waals surface area contributed by atoms with Gasteiger partial charge in [-0.2, -0.15) is 0 Å². The lowest BCUT2D eigenvalue weighted by molar-refractivity contribution is -0.154. The molecule has 0 aliphatic heterocycles. The van der Waals surface area contributed by atoms with Gasteiger partial charge in [0.15, 0.2) is 5.92 Å². The average Bonchev–Trinajstić information content (AvgIpc) is 2.46. The summed E-state index contributed by atoms with van der Waals surface area (Å²) in [5, 5.41) is 0. The van der Waals surface area contributed by atoms with Gasteiger partial charge in [0.2, 0.25) is 0 Å². The van der Waals surface area contributed by atoms with Crippen LogP contribution < -0.4 is 5.73 Å². The third kappa shape index (κ3) is 2.87. The van der Waals surface area contributed by atoms with Crippen molar-refractivity contribution < 1.29 is 28.6 Å². The predicted octanol–water partition coefficient (Wildman–Crippen LogP) is 0.485. The first-order valence-electron chi connectivity index (χ1n) is 5.60. The monoisotopic (exact) mass is 281 g/mol. The quantitative estimate of drug-likeness (QED) is 0.370. The number of nitrogens with two attached hydrogens (primary N) is 1. The van der Waals surface area contributed by atoms with E-state index in [1.807, 2.05) is 0 Å². The van der Waals surface area contributed by atoms with Crippen LogP contribution in [-0.2, 0) is 23.8 Å². The van der Waals surface area contributed by atoms with E-state index in [9.17, 15) is 14.4 Å². The summed E-state index contributed by atoms with van der Waals surface area (Å²) in [6.45, 7) is 0. The molecule has 0 spiro atoms. The van der Waals surface area contributed by atoms with Gasteiger partial charge in [0.1, 0.15) is 0 Å². The first kappa shape index (κ1) is 15.5. The number of carbonyl (C=O) groups is 3. The molecule has 1 aromatic carbocycles. The zero-order valence-corrected chi connectivity index (χ0v) is 11.3. The molecule has 0 aromatic heterocycles. The SMILES string of the molecule is COC(=O)c1c(N)cccc1C(C(=O)OC)C(=O)OC. The van der Waals surface area contributed by atoms with Crippen molar-refractivity contribution in [1.82, 2.24) is 0 Å². The Morgan fingerprint density at radius 2 is 1.55 bits per heavy atom. The first-order valence-corrected chi connectivity index (χ1v) is 5.60. The zero-order valence-electron chi connectivity index (χ0n) is 11.3. The van der Waals surface area contributed by atoms with E-state index in [0.717, 1.165) is 14.2 Å². The van der Waals surface area contributed by atoms with Crippen LogP contribution in [0.25, 0.3) is 0 Å². The summed E-state index contributed by atoms with van der Waals surface area (Å²) in [5.41, 5.74) is 5.82. The number of nitrogen functional groups attached to an aromatic ring is 1. The van der Waals surface area contributed by atoms with Crippen LogP contribution in [0.2, 0.25) is 0 Å².